The van der Waals surface area contributed by atoms with Crippen LogP contribution in [0.2, 0.25) is 0 Å². The Kier molecular flexibility index (Phi) is 9.32. The molecule has 2 aromatic heterocycles. The van der Waals surface area contributed by atoms with E-state index in [1.807, 2.05) is 30.3 Å². The number of aryl methyl sites for hydroxylation is 1. The van der Waals surface area contributed by atoms with Gasteiger partial charge in [-0.3, -0.25) is 14.6 Å². The number of para-hydroxylation sites is 1. The monoisotopic (exact) mass is 602 g/mol. The van der Waals surface area contributed by atoms with E-state index in [1.54, 1.807) is 30.3 Å². The molecule has 2 aromatic carbocycles. The van der Waals surface area contributed by atoms with Crippen LogP contribution in [0.3, 0.4) is 0 Å². The van der Waals surface area contributed by atoms with Gasteiger partial charge in [0.25, 0.3) is 5.91 Å². The second-order valence-corrected chi connectivity index (χ2v) is 12.3. The molecule has 11 heteroatoms. The average Bonchev–Trinajstić information content (AvgIpc) is 3.03. The third-order valence-electron chi connectivity index (χ3n) is 7.55. The number of benzene rings is 2. The van der Waals surface area contributed by atoms with Gasteiger partial charge in [-0.25, -0.2) is 13.2 Å². The molecule has 1 N–H and O–H groups in total. The van der Waals surface area contributed by atoms with Crippen molar-refractivity contribution >= 4 is 32.7 Å². The predicted octanol–water partition coefficient (Wildman–Crippen LogP) is 3.75. The number of fused-ring (bicyclic) bond motifs is 1. The SMILES string of the molecule is CCCCCc1ccc(C(=O)N2CCN(S(=O)(=O)c3cccc4cccnc34)C(C(=O)NCc3ccccc3)C2)c(=O)o1. The summed E-state index contributed by atoms with van der Waals surface area (Å²) in [5, 5.41) is 3.47. The van der Waals surface area contributed by atoms with E-state index >= 15 is 0 Å². The minimum atomic E-state index is -4.21. The van der Waals surface area contributed by atoms with E-state index in [1.165, 1.54) is 23.2 Å². The van der Waals surface area contributed by atoms with Crippen LogP contribution in [0.25, 0.3) is 10.9 Å². The number of unbranched alkanes of at least 4 members (excludes halogenated alkanes) is 2. The smallest absolute Gasteiger partial charge is 0.348 e. The maximum atomic E-state index is 14.1. The number of hydrogen-bond donors (Lipinski definition) is 1. The average molecular weight is 603 g/mol. The van der Waals surface area contributed by atoms with Crippen molar-refractivity contribution in [3.8, 4) is 0 Å². The fourth-order valence-corrected chi connectivity index (χ4v) is 6.97. The number of nitrogens with one attached hydrogen (secondary N) is 1. The number of piperazine rings is 1. The molecule has 1 fully saturated rings. The van der Waals surface area contributed by atoms with E-state index in [-0.39, 0.29) is 36.6 Å². The van der Waals surface area contributed by atoms with Crippen LogP contribution in [-0.2, 0) is 27.8 Å². The highest BCUT2D eigenvalue weighted by Gasteiger charge is 2.42. The molecule has 5 rings (SSSR count). The molecule has 0 radical (unpaired) electrons. The maximum absolute atomic E-state index is 14.1. The summed E-state index contributed by atoms with van der Waals surface area (Å²) < 4.78 is 34.7. The molecule has 1 atom stereocenters. The number of nitrogens with zero attached hydrogens (tertiary/aromatic N) is 3. The Labute approximate surface area is 250 Å². The van der Waals surface area contributed by atoms with Gasteiger partial charge in [0.1, 0.15) is 22.3 Å². The lowest BCUT2D eigenvalue weighted by molar-refractivity contribution is -0.126. The van der Waals surface area contributed by atoms with Crippen molar-refractivity contribution < 1.29 is 22.4 Å². The molecular weight excluding hydrogens is 568 g/mol. The van der Waals surface area contributed by atoms with Crippen LogP contribution < -0.4 is 10.9 Å². The Bertz CT molecular complexity index is 1770. The quantitative estimate of drug-likeness (QED) is 0.274. The zero-order valence-electron chi connectivity index (χ0n) is 23.9. The van der Waals surface area contributed by atoms with E-state index in [2.05, 4.69) is 17.2 Å². The number of carbonyl (C=O) groups excluding carboxylic acids is 2. The molecule has 2 amide bonds. The second kappa shape index (κ2) is 13.3. The van der Waals surface area contributed by atoms with Crippen molar-refractivity contribution in [2.45, 2.75) is 50.1 Å². The van der Waals surface area contributed by atoms with Gasteiger partial charge < -0.3 is 14.6 Å². The van der Waals surface area contributed by atoms with E-state index in [4.69, 9.17) is 4.42 Å². The van der Waals surface area contributed by atoms with Gasteiger partial charge in [-0.15, -0.1) is 0 Å². The highest BCUT2D eigenvalue weighted by molar-refractivity contribution is 7.89. The molecule has 0 bridgehead atoms. The lowest BCUT2D eigenvalue weighted by Crippen LogP contribution is -2.61. The zero-order chi connectivity index (χ0) is 30.4. The first-order valence-electron chi connectivity index (χ1n) is 14.4. The molecule has 1 unspecified atom stereocenters. The minimum absolute atomic E-state index is 0.0174. The number of sulfonamides is 1. The number of hydrogen-bond acceptors (Lipinski definition) is 7. The van der Waals surface area contributed by atoms with Crippen molar-refractivity contribution in [2.24, 2.45) is 0 Å². The molecule has 43 heavy (non-hydrogen) atoms. The summed E-state index contributed by atoms with van der Waals surface area (Å²) in [5.41, 5.74) is 0.227. The fraction of sp³-hybridized carbons (Fsp3) is 0.312. The molecule has 0 aliphatic carbocycles. The molecule has 0 spiro atoms. The highest BCUT2D eigenvalue weighted by Crippen LogP contribution is 2.27. The van der Waals surface area contributed by atoms with E-state index in [0.29, 0.717) is 23.1 Å². The Morgan fingerprint density at radius 1 is 0.977 bits per heavy atom. The van der Waals surface area contributed by atoms with Gasteiger partial charge in [-0.2, -0.15) is 4.31 Å². The van der Waals surface area contributed by atoms with Crippen molar-refractivity contribution in [1.82, 2.24) is 19.5 Å². The molecular formula is C32H34N4O6S. The normalized spacial score (nSPS) is 15.8. The largest absolute Gasteiger partial charge is 0.427 e. The van der Waals surface area contributed by atoms with Crippen LogP contribution >= 0.6 is 0 Å². The summed E-state index contributed by atoms with van der Waals surface area (Å²) in [4.78, 5) is 45.5. The first kappa shape index (κ1) is 30.1. The Morgan fingerprint density at radius 3 is 2.53 bits per heavy atom. The lowest BCUT2D eigenvalue weighted by atomic mass is 10.1. The van der Waals surface area contributed by atoms with Crippen LogP contribution in [0, 0.1) is 0 Å². The lowest BCUT2D eigenvalue weighted by Gasteiger charge is -2.39. The summed E-state index contributed by atoms with van der Waals surface area (Å²) in [6.45, 7) is 1.85. The van der Waals surface area contributed by atoms with Crippen LogP contribution in [0.1, 0.15) is 47.9 Å². The van der Waals surface area contributed by atoms with Gasteiger partial charge in [0.15, 0.2) is 0 Å². The summed E-state index contributed by atoms with van der Waals surface area (Å²) in [5.74, 6) is -0.664. The number of rotatable bonds is 10. The van der Waals surface area contributed by atoms with Crippen molar-refractivity contribution in [1.29, 1.82) is 0 Å². The molecule has 4 aromatic rings. The van der Waals surface area contributed by atoms with E-state index in [9.17, 15) is 22.8 Å². The van der Waals surface area contributed by atoms with Crippen LogP contribution in [0.5, 0.6) is 0 Å². The minimum Gasteiger partial charge on any atom is -0.427 e. The summed E-state index contributed by atoms with van der Waals surface area (Å²) >= 11 is 0. The fourth-order valence-electron chi connectivity index (χ4n) is 5.23. The van der Waals surface area contributed by atoms with Crippen LogP contribution in [-0.4, -0.2) is 60.1 Å². The number of amides is 2. The molecule has 224 valence electrons. The second-order valence-electron chi connectivity index (χ2n) is 10.5. The standard InChI is InChI=1S/C32H34N4O6S/c1-2-3-5-14-25-16-17-26(32(39)42-25)31(38)35-19-20-36(27(22-35)30(37)34-21-23-10-6-4-7-11-23)43(40,41)28-15-8-12-24-13-9-18-33-29(24)28/h4,6-13,15-18,27H,2-3,5,14,19-22H2,1H3,(H,34,37). The predicted molar refractivity (Wildman–Crippen MR) is 162 cm³/mol. The van der Waals surface area contributed by atoms with Gasteiger partial charge in [0.05, 0.1) is 5.52 Å². The van der Waals surface area contributed by atoms with E-state index < -0.39 is 33.5 Å². The first-order chi connectivity index (χ1) is 20.8. The van der Waals surface area contributed by atoms with Gasteiger partial charge in [0, 0.05) is 44.2 Å². The summed E-state index contributed by atoms with van der Waals surface area (Å²) in [7, 11) is -4.21. The number of pyridine rings is 1. The summed E-state index contributed by atoms with van der Waals surface area (Å²) in [6, 6.07) is 19.4. The topological polar surface area (TPSA) is 130 Å². The molecule has 1 aliphatic rings. The Hall–Kier alpha value is -4.35. The maximum Gasteiger partial charge on any atom is 0.348 e. The molecule has 1 aliphatic heterocycles. The number of carbonyl (C=O) groups is 2. The Morgan fingerprint density at radius 2 is 1.77 bits per heavy atom. The van der Waals surface area contributed by atoms with Gasteiger partial charge in [0.2, 0.25) is 15.9 Å². The highest BCUT2D eigenvalue weighted by atomic mass is 32.2. The molecule has 10 nitrogen and oxygen atoms in total. The molecule has 0 saturated carbocycles. The van der Waals surface area contributed by atoms with Crippen molar-refractivity contribution in [3.05, 3.63) is 106 Å². The molecule has 3 heterocycles. The molecule has 1 saturated heterocycles. The first-order valence-corrected chi connectivity index (χ1v) is 15.8. The Balaban J connectivity index is 1.43. The van der Waals surface area contributed by atoms with Crippen LogP contribution in [0.4, 0.5) is 0 Å². The van der Waals surface area contributed by atoms with E-state index in [0.717, 1.165) is 29.1 Å². The number of aromatic nitrogens is 1. The van der Waals surface area contributed by atoms with Gasteiger partial charge in [-0.05, 0) is 36.2 Å². The third-order valence-corrected chi connectivity index (χ3v) is 9.49. The summed E-state index contributed by atoms with van der Waals surface area (Å²) in [6.07, 6.45) is 5.01. The van der Waals surface area contributed by atoms with Crippen molar-refractivity contribution in [2.75, 3.05) is 19.6 Å². The van der Waals surface area contributed by atoms with Crippen LogP contribution in [0.15, 0.2) is 93.1 Å². The third kappa shape index (κ3) is 6.68. The van der Waals surface area contributed by atoms with Gasteiger partial charge >= 0.3 is 5.63 Å². The zero-order valence-corrected chi connectivity index (χ0v) is 24.8. The van der Waals surface area contributed by atoms with Gasteiger partial charge in [-0.1, -0.05) is 68.3 Å². The van der Waals surface area contributed by atoms with Crippen molar-refractivity contribution in [3.63, 3.8) is 0 Å².